The summed E-state index contributed by atoms with van der Waals surface area (Å²) in [5.41, 5.74) is 0.707. The predicted molar refractivity (Wildman–Crippen MR) is 78.1 cm³/mol. The van der Waals surface area contributed by atoms with Gasteiger partial charge in [-0.15, -0.1) is 0 Å². The van der Waals surface area contributed by atoms with Crippen molar-refractivity contribution in [3.05, 3.63) is 59.3 Å². The van der Waals surface area contributed by atoms with Gasteiger partial charge in [-0.2, -0.15) is 0 Å². The number of benzene rings is 1. The van der Waals surface area contributed by atoms with E-state index in [-0.39, 0.29) is 35.0 Å². The molecule has 0 amide bonds. The van der Waals surface area contributed by atoms with Gasteiger partial charge in [0.2, 0.25) is 11.9 Å². The van der Waals surface area contributed by atoms with Gasteiger partial charge in [-0.05, 0) is 18.2 Å². The van der Waals surface area contributed by atoms with E-state index in [1.807, 2.05) is 12.2 Å². The Bertz CT molecular complexity index is 688. The standard InChI is InChI=1S/C16H16O6/c1-21-16-9-3-5-13(8-2-4-10(17)11(18)6-8)22-14(9)7-12(19)15(16)20/h2-7,9,12-13,17-20H,1H3/p+1. The number of hydrogen-bond acceptors (Lipinski definition) is 5. The van der Waals surface area contributed by atoms with Gasteiger partial charge in [0.05, 0.1) is 12.7 Å². The number of aliphatic hydroxyl groups excluding tert-OH is 2. The molecule has 5 N–H and O–H groups in total. The minimum absolute atomic E-state index is 0.191. The van der Waals surface area contributed by atoms with Crippen LogP contribution in [0.15, 0.2) is 53.7 Å². The van der Waals surface area contributed by atoms with E-state index in [0.29, 0.717) is 11.3 Å². The molecule has 1 aliphatic carbocycles. The molecule has 3 unspecified atom stereocenters. The molecule has 6 heteroatoms. The van der Waals surface area contributed by atoms with Crippen LogP contribution in [0.3, 0.4) is 0 Å². The fourth-order valence-electron chi connectivity index (χ4n) is 2.65. The van der Waals surface area contributed by atoms with Crippen molar-refractivity contribution in [1.82, 2.24) is 0 Å². The molecule has 1 heterocycles. The summed E-state index contributed by atoms with van der Waals surface area (Å²) in [6, 6.07) is 4.51. The van der Waals surface area contributed by atoms with Crippen LogP contribution in [0, 0.1) is 5.92 Å². The van der Waals surface area contributed by atoms with Gasteiger partial charge in [0.25, 0.3) is 0 Å². The lowest BCUT2D eigenvalue weighted by Crippen LogP contribution is -2.28. The average Bonchev–Trinajstić information content (AvgIpc) is 2.51. The smallest absolute Gasteiger partial charge is 0.244 e. The van der Waals surface area contributed by atoms with Crippen LogP contribution in [0.25, 0.3) is 0 Å². The Kier molecular flexibility index (Phi) is 3.46. The maximum Gasteiger partial charge on any atom is 0.244 e. The van der Waals surface area contributed by atoms with Crippen LogP contribution in [-0.4, -0.2) is 38.4 Å². The van der Waals surface area contributed by atoms with Gasteiger partial charge in [-0.25, -0.2) is 0 Å². The minimum Gasteiger partial charge on any atom is -0.577 e. The number of phenolic OH excluding ortho intramolecular Hbond substituents is 2. The van der Waals surface area contributed by atoms with Crippen molar-refractivity contribution in [2.75, 3.05) is 7.11 Å². The summed E-state index contributed by atoms with van der Waals surface area (Å²) < 4.78 is 9.69. The summed E-state index contributed by atoms with van der Waals surface area (Å²) >= 11 is 0. The van der Waals surface area contributed by atoms with Crippen LogP contribution in [0.1, 0.15) is 11.7 Å². The monoisotopic (exact) mass is 305 g/mol. The summed E-state index contributed by atoms with van der Waals surface area (Å²) in [5.74, 6) is -0.0920. The molecule has 2 aliphatic rings. The highest BCUT2D eigenvalue weighted by Gasteiger charge is 2.38. The maximum absolute atomic E-state index is 9.85. The van der Waals surface area contributed by atoms with Gasteiger partial charge in [0.1, 0.15) is 12.0 Å². The first-order valence-corrected chi connectivity index (χ1v) is 6.79. The molecule has 0 fully saturated rings. The number of aromatic hydroxyl groups is 2. The number of phenols is 2. The maximum atomic E-state index is 9.85. The van der Waals surface area contributed by atoms with Crippen LogP contribution in [-0.2, 0) is 4.74 Å². The van der Waals surface area contributed by atoms with Crippen molar-refractivity contribution in [1.29, 1.82) is 0 Å². The zero-order valence-corrected chi connectivity index (χ0v) is 11.8. The second kappa shape index (κ2) is 5.31. The molecule has 3 atom stereocenters. The average molecular weight is 305 g/mol. The van der Waals surface area contributed by atoms with Crippen LogP contribution in [0.5, 0.6) is 11.5 Å². The zero-order chi connectivity index (χ0) is 15.9. The van der Waals surface area contributed by atoms with E-state index < -0.39 is 6.10 Å². The molecule has 1 aliphatic heterocycles. The first-order chi connectivity index (χ1) is 10.5. The summed E-state index contributed by atoms with van der Waals surface area (Å²) in [6.45, 7) is 0. The van der Waals surface area contributed by atoms with E-state index >= 15 is 0 Å². The first kappa shape index (κ1) is 14.3. The molecule has 0 bridgehead atoms. The molecule has 0 radical (unpaired) electrons. The summed E-state index contributed by atoms with van der Waals surface area (Å²) in [6.07, 6.45) is 3.62. The molecule has 3 rings (SSSR count). The molecule has 0 saturated heterocycles. The fraction of sp³-hybridized carbons (Fsp3) is 0.250. The topological polar surface area (TPSA) is 103 Å². The third-order valence-electron chi connectivity index (χ3n) is 3.80. The van der Waals surface area contributed by atoms with Crippen molar-refractivity contribution in [2.45, 2.75) is 12.2 Å². The molecule has 6 nitrogen and oxygen atoms in total. The largest absolute Gasteiger partial charge is 0.577 e. The first-order valence-electron chi connectivity index (χ1n) is 6.79. The minimum atomic E-state index is -1.15. The summed E-state index contributed by atoms with van der Waals surface area (Å²) in [7, 11) is 1.43. The van der Waals surface area contributed by atoms with E-state index in [1.165, 1.54) is 25.3 Å². The van der Waals surface area contributed by atoms with E-state index in [4.69, 9.17) is 4.74 Å². The van der Waals surface area contributed by atoms with Gasteiger partial charge in [0.15, 0.2) is 23.0 Å². The lowest BCUT2D eigenvalue weighted by Gasteiger charge is -2.29. The normalized spacial score (nSPS) is 27.0. The quantitative estimate of drug-likeness (QED) is 0.377. The Morgan fingerprint density at radius 2 is 1.86 bits per heavy atom. The number of aliphatic hydroxyl groups is 4. The molecule has 1 aromatic rings. The Balaban J connectivity index is 1.93. The van der Waals surface area contributed by atoms with Gasteiger partial charge in [-0.1, -0.05) is 6.08 Å². The third kappa shape index (κ3) is 2.27. The second-order valence-electron chi connectivity index (χ2n) is 5.17. The highest BCUT2D eigenvalue weighted by molar-refractivity contribution is 5.43. The number of ether oxygens (including phenoxy) is 2. The molecule has 22 heavy (non-hydrogen) atoms. The Morgan fingerprint density at radius 1 is 1.09 bits per heavy atom. The fourth-order valence-corrected chi connectivity index (χ4v) is 2.65. The van der Waals surface area contributed by atoms with Crippen molar-refractivity contribution in [2.24, 2.45) is 5.92 Å². The number of hydrogen-bond donors (Lipinski definition) is 4. The van der Waals surface area contributed by atoms with Crippen molar-refractivity contribution in [3.8, 4) is 11.5 Å². The number of rotatable bonds is 2. The highest BCUT2D eigenvalue weighted by atomic mass is 16.5. The van der Waals surface area contributed by atoms with Crippen molar-refractivity contribution >= 4 is 0 Å². The summed E-state index contributed by atoms with van der Waals surface area (Å²) in [5, 5.41) is 38.6. The van der Waals surface area contributed by atoms with Crippen LogP contribution >= 0.6 is 0 Å². The molecule has 0 spiro atoms. The van der Waals surface area contributed by atoms with Gasteiger partial charge < -0.3 is 29.9 Å². The van der Waals surface area contributed by atoms with E-state index in [1.54, 1.807) is 6.07 Å². The number of methoxy groups -OCH3 is 1. The van der Waals surface area contributed by atoms with Crippen molar-refractivity contribution < 1.29 is 29.9 Å². The summed E-state index contributed by atoms with van der Waals surface area (Å²) in [4.78, 5) is 0. The lowest BCUT2D eigenvalue weighted by atomic mass is 9.91. The second-order valence-corrected chi connectivity index (χ2v) is 5.17. The van der Waals surface area contributed by atoms with Crippen LogP contribution < -0.4 is 0 Å². The van der Waals surface area contributed by atoms with E-state index in [9.17, 15) is 20.4 Å². The van der Waals surface area contributed by atoms with Gasteiger partial charge in [0, 0.05) is 12.2 Å². The molecule has 1 aromatic carbocycles. The third-order valence-corrected chi connectivity index (χ3v) is 3.80. The highest BCUT2D eigenvalue weighted by Crippen LogP contribution is 2.39. The molecule has 0 saturated carbocycles. The Hall–Kier alpha value is -2.60. The van der Waals surface area contributed by atoms with Gasteiger partial charge >= 0.3 is 0 Å². The van der Waals surface area contributed by atoms with E-state index in [0.717, 1.165) is 0 Å². The Labute approximate surface area is 126 Å². The van der Waals surface area contributed by atoms with Crippen LogP contribution in [0.2, 0.25) is 0 Å². The SMILES string of the molecule is COC1=C(O)C(O)C=C2[OH+]C(c3ccc(O)c(O)c3)C=CC21. The zero-order valence-electron chi connectivity index (χ0n) is 11.8. The molecule has 116 valence electrons. The lowest BCUT2D eigenvalue weighted by molar-refractivity contribution is -0.0481. The Morgan fingerprint density at radius 3 is 2.55 bits per heavy atom. The molecular formula is C16H17O6+. The molecule has 0 aromatic heterocycles. The predicted octanol–water partition coefficient (Wildman–Crippen LogP) is 1.53. The van der Waals surface area contributed by atoms with Crippen LogP contribution in [0.4, 0.5) is 0 Å². The number of fused-ring (bicyclic) bond motifs is 1. The molecular weight excluding hydrogens is 288 g/mol. The van der Waals surface area contributed by atoms with E-state index in [2.05, 4.69) is 4.74 Å². The van der Waals surface area contributed by atoms with Crippen molar-refractivity contribution in [3.63, 3.8) is 0 Å². The van der Waals surface area contributed by atoms with Gasteiger partial charge in [-0.3, -0.25) is 0 Å².